The van der Waals surface area contributed by atoms with E-state index in [4.69, 9.17) is 10.5 Å². The molecule has 2 aromatic heterocycles. The second-order valence-electron chi connectivity index (χ2n) is 6.26. The van der Waals surface area contributed by atoms with E-state index in [1.807, 2.05) is 4.98 Å². The van der Waals surface area contributed by atoms with Crippen molar-refractivity contribution in [3.8, 4) is 0 Å². The Morgan fingerprint density at radius 1 is 1.14 bits per heavy atom. The first-order valence-corrected chi connectivity index (χ1v) is 8.78. The zero-order chi connectivity index (χ0) is 21.1. The fourth-order valence-electron chi connectivity index (χ4n) is 2.89. The molecule has 0 atom stereocenters. The van der Waals surface area contributed by atoms with E-state index in [0.717, 1.165) is 10.6 Å². The molecule has 2 heterocycles. The molecule has 29 heavy (non-hydrogen) atoms. The largest absolute Gasteiger partial charge is 0.453 e. The van der Waals surface area contributed by atoms with Gasteiger partial charge in [-0.2, -0.15) is 0 Å². The SMILES string of the molecule is CCCn1c(N)c(C(=O)COC(=O)c2cc(=O)c3ccccc3[nH]2)c(=O)[nH]c1=O. The third-order valence-electron chi connectivity index (χ3n) is 4.26. The lowest BCUT2D eigenvalue weighted by Gasteiger charge is -2.11. The number of carbonyl (C=O) groups is 2. The monoisotopic (exact) mass is 398 g/mol. The number of pyridine rings is 1. The molecule has 10 nitrogen and oxygen atoms in total. The van der Waals surface area contributed by atoms with E-state index >= 15 is 0 Å². The summed E-state index contributed by atoms with van der Waals surface area (Å²) < 4.78 is 6.00. The summed E-state index contributed by atoms with van der Waals surface area (Å²) in [4.78, 5) is 65.4. The number of ketones is 1. The smallest absolute Gasteiger partial charge is 0.355 e. The maximum atomic E-state index is 12.4. The molecule has 0 spiro atoms. The molecule has 0 amide bonds. The summed E-state index contributed by atoms with van der Waals surface area (Å²) >= 11 is 0. The second-order valence-corrected chi connectivity index (χ2v) is 6.26. The van der Waals surface area contributed by atoms with Crippen LogP contribution in [0.5, 0.6) is 0 Å². The summed E-state index contributed by atoms with van der Waals surface area (Å²) in [5.74, 6) is -2.11. The number of aromatic nitrogens is 3. The average Bonchev–Trinajstić information content (AvgIpc) is 2.69. The van der Waals surface area contributed by atoms with Crippen LogP contribution in [0.15, 0.2) is 44.7 Å². The fourth-order valence-corrected chi connectivity index (χ4v) is 2.89. The number of anilines is 1. The standard InChI is InChI=1S/C19H18N4O6/c1-2-7-23-16(20)15(17(26)22-19(23)28)14(25)9-29-18(27)12-8-13(24)10-5-3-4-6-11(10)21-12/h3-6,8H,2,7,9,20H2,1H3,(H,21,24)(H,22,26,28). The summed E-state index contributed by atoms with van der Waals surface area (Å²) in [6.45, 7) is 1.22. The molecule has 10 heteroatoms. The topological polar surface area (TPSA) is 157 Å². The van der Waals surface area contributed by atoms with Crippen molar-refractivity contribution < 1.29 is 14.3 Å². The highest BCUT2D eigenvalue weighted by Crippen LogP contribution is 2.09. The zero-order valence-electron chi connectivity index (χ0n) is 15.5. The van der Waals surface area contributed by atoms with E-state index in [1.165, 1.54) is 0 Å². The lowest BCUT2D eigenvalue weighted by Crippen LogP contribution is -2.37. The lowest BCUT2D eigenvalue weighted by molar-refractivity contribution is 0.0468. The molecule has 1 aromatic carbocycles. The van der Waals surface area contributed by atoms with Gasteiger partial charge in [0.1, 0.15) is 17.1 Å². The first-order valence-electron chi connectivity index (χ1n) is 8.78. The Hall–Kier alpha value is -3.95. The number of fused-ring (bicyclic) bond motifs is 1. The molecule has 4 N–H and O–H groups in total. The zero-order valence-corrected chi connectivity index (χ0v) is 15.5. The van der Waals surface area contributed by atoms with Crippen LogP contribution in [-0.2, 0) is 11.3 Å². The van der Waals surface area contributed by atoms with Crippen molar-refractivity contribution >= 4 is 28.5 Å². The van der Waals surface area contributed by atoms with Gasteiger partial charge in [-0.15, -0.1) is 0 Å². The molecule has 0 fully saturated rings. The second kappa shape index (κ2) is 7.97. The maximum absolute atomic E-state index is 12.4. The van der Waals surface area contributed by atoms with Crippen LogP contribution in [-0.4, -0.2) is 32.9 Å². The summed E-state index contributed by atoms with van der Waals surface area (Å²) in [5, 5.41) is 0.401. The van der Waals surface area contributed by atoms with Gasteiger partial charge in [0.05, 0.1) is 0 Å². The molecular formula is C19H18N4O6. The van der Waals surface area contributed by atoms with Gasteiger partial charge in [0.15, 0.2) is 12.0 Å². The number of ether oxygens (including phenoxy) is 1. The lowest BCUT2D eigenvalue weighted by atomic mass is 10.2. The molecule has 0 saturated carbocycles. The van der Waals surface area contributed by atoms with E-state index in [1.54, 1.807) is 31.2 Å². The van der Waals surface area contributed by atoms with Crippen LogP contribution >= 0.6 is 0 Å². The van der Waals surface area contributed by atoms with Gasteiger partial charge in [-0.05, 0) is 18.6 Å². The van der Waals surface area contributed by atoms with Crippen LogP contribution < -0.4 is 22.4 Å². The normalized spacial score (nSPS) is 10.8. The average molecular weight is 398 g/mol. The molecule has 0 aliphatic carbocycles. The number of carbonyl (C=O) groups excluding carboxylic acids is 2. The molecule has 0 aliphatic heterocycles. The van der Waals surface area contributed by atoms with Crippen molar-refractivity contribution in [1.29, 1.82) is 0 Å². The minimum absolute atomic E-state index is 0.140. The van der Waals surface area contributed by atoms with Crippen LogP contribution in [0.3, 0.4) is 0 Å². The highest BCUT2D eigenvalue weighted by atomic mass is 16.5. The van der Waals surface area contributed by atoms with Crippen molar-refractivity contribution in [3.05, 3.63) is 72.7 Å². The molecule has 3 rings (SSSR count). The maximum Gasteiger partial charge on any atom is 0.355 e. The van der Waals surface area contributed by atoms with Gasteiger partial charge in [0.2, 0.25) is 5.78 Å². The third kappa shape index (κ3) is 3.86. The number of para-hydroxylation sites is 1. The Bertz CT molecular complexity index is 1280. The van der Waals surface area contributed by atoms with Gasteiger partial charge in [0, 0.05) is 23.5 Å². The Morgan fingerprint density at radius 2 is 1.86 bits per heavy atom. The van der Waals surface area contributed by atoms with Crippen molar-refractivity contribution in [1.82, 2.24) is 14.5 Å². The highest BCUT2D eigenvalue weighted by molar-refractivity contribution is 6.02. The number of hydrogen-bond donors (Lipinski definition) is 3. The number of hydrogen-bond acceptors (Lipinski definition) is 7. The van der Waals surface area contributed by atoms with E-state index < -0.39 is 35.2 Å². The van der Waals surface area contributed by atoms with Crippen molar-refractivity contribution in [2.24, 2.45) is 0 Å². The number of benzene rings is 1. The molecule has 150 valence electrons. The van der Waals surface area contributed by atoms with Gasteiger partial charge in [0.25, 0.3) is 5.56 Å². The van der Waals surface area contributed by atoms with Gasteiger partial charge in [-0.3, -0.25) is 23.9 Å². The Labute approximate surface area is 162 Å². The summed E-state index contributed by atoms with van der Waals surface area (Å²) in [7, 11) is 0. The number of nitrogens with one attached hydrogen (secondary N) is 2. The van der Waals surface area contributed by atoms with Gasteiger partial charge < -0.3 is 15.5 Å². The van der Waals surface area contributed by atoms with E-state index in [9.17, 15) is 24.0 Å². The van der Waals surface area contributed by atoms with Crippen LogP contribution in [0.2, 0.25) is 0 Å². The first kappa shape index (κ1) is 19.8. The fraction of sp³-hybridized carbons (Fsp3) is 0.211. The third-order valence-corrected chi connectivity index (χ3v) is 4.26. The van der Waals surface area contributed by atoms with Gasteiger partial charge >= 0.3 is 11.7 Å². The Morgan fingerprint density at radius 3 is 2.59 bits per heavy atom. The molecule has 0 radical (unpaired) electrons. The molecule has 0 aliphatic rings. The molecular weight excluding hydrogens is 380 g/mol. The Balaban J connectivity index is 1.84. The quantitative estimate of drug-likeness (QED) is 0.401. The predicted molar refractivity (Wildman–Crippen MR) is 105 cm³/mol. The minimum atomic E-state index is -0.958. The number of H-pyrrole nitrogens is 2. The number of aromatic amines is 2. The molecule has 0 unspecified atom stereocenters. The number of nitrogen functional groups attached to an aromatic ring is 1. The van der Waals surface area contributed by atoms with Gasteiger partial charge in [-0.1, -0.05) is 19.1 Å². The number of nitrogens with zero attached hydrogens (tertiary/aromatic N) is 1. The minimum Gasteiger partial charge on any atom is -0.453 e. The molecule has 0 bridgehead atoms. The van der Waals surface area contributed by atoms with Crippen molar-refractivity contribution in [2.45, 2.75) is 19.9 Å². The van der Waals surface area contributed by atoms with Crippen LogP contribution in [0.4, 0.5) is 5.82 Å². The first-order chi connectivity index (χ1) is 13.8. The predicted octanol–water partition coefficient (Wildman–Crippen LogP) is 0.410. The van der Waals surface area contributed by atoms with Crippen LogP contribution in [0.1, 0.15) is 34.2 Å². The summed E-state index contributed by atoms with van der Waals surface area (Å²) in [6.07, 6.45) is 0.550. The number of nitrogens with two attached hydrogens (primary N) is 1. The van der Waals surface area contributed by atoms with Crippen molar-refractivity contribution in [3.63, 3.8) is 0 Å². The Kier molecular flexibility index (Phi) is 5.44. The van der Waals surface area contributed by atoms with E-state index in [2.05, 4.69) is 4.98 Å². The van der Waals surface area contributed by atoms with Crippen LogP contribution in [0, 0.1) is 0 Å². The highest BCUT2D eigenvalue weighted by Gasteiger charge is 2.21. The molecule has 3 aromatic rings. The summed E-state index contributed by atoms with van der Waals surface area (Å²) in [5.41, 5.74) is 3.57. The van der Waals surface area contributed by atoms with E-state index in [0.29, 0.717) is 17.3 Å². The molecule has 0 saturated heterocycles. The number of Topliss-reactive ketones (excluding diaryl/α,β-unsaturated/α-hetero) is 1. The van der Waals surface area contributed by atoms with Crippen molar-refractivity contribution in [2.75, 3.05) is 12.3 Å². The van der Waals surface area contributed by atoms with Crippen LogP contribution in [0.25, 0.3) is 10.9 Å². The number of rotatable bonds is 6. The van der Waals surface area contributed by atoms with Gasteiger partial charge in [-0.25, -0.2) is 9.59 Å². The van der Waals surface area contributed by atoms with E-state index in [-0.39, 0.29) is 23.5 Å². The number of esters is 1. The summed E-state index contributed by atoms with van der Waals surface area (Å²) in [6, 6.07) is 7.67.